The van der Waals surface area contributed by atoms with Crippen LogP contribution in [0.5, 0.6) is 0 Å². The van der Waals surface area contributed by atoms with E-state index in [2.05, 4.69) is 187 Å². The number of anilines is 2. The van der Waals surface area contributed by atoms with Crippen molar-refractivity contribution in [3.05, 3.63) is 234 Å². The topological polar surface area (TPSA) is 146 Å². The summed E-state index contributed by atoms with van der Waals surface area (Å²) in [6.45, 7) is 37.6. The summed E-state index contributed by atoms with van der Waals surface area (Å²) in [5, 5.41) is 12.9. The van der Waals surface area contributed by atoms with Crippen LogP contribution in [-0.4, -0.2) is 72.7 Å². The highest BCUT2D eigenvalue weighted by Gasteiger charge is 2.40. The van der Waals surface area contributed by atoms with Crippen molar-refractivity contribution in [1.82, 2.24) is 4.57 Å². The minimum atomic E-state index is -1.07. The van der Waals surface area contributed by atoms with Gasteiger partial charge in [-0.2, -0.15) is 0 Å². The molecular formula is C89H101N3O10. The number of fused-ring (bicyclic) bond motifs is 9. The number of hydrogen-bond donors (Lipinski definition) is 1. The van der Waals surface area contributed by atoms with Crippen LogP contribution in [0.25, 0.3) is 77.3 Å². The Morgan fingerprint density at radius 3 is 1.09 bits per heavy atom. The molecule has 0 fully saturated rings. The maximum absolute atomic E-state index is 13.3. The van der Waals surface area contributed by atoms with E-state index in [0.717, 1.165) is 130 Å². The summed E-state index contributed by atoms with van der Waals surface area (Å²) in [5.74, 6) is -1.83. The highest BCUT2D eigenvalue weighted by molar-refractivity contribution is 6.11. The number of esters is 2. The Kier molecular flexibility index (Phi) is 21.6. The molecule has 0 spiro atoms. The molecule has 9 aromatic carbocycles. The van der Waals surface area contributed by atoms with Crippen molar-refractivity contribution >= 4 is 51.0 Å². The number of rotatable bonds is 12. The molecule has 13 nitrogen and oxygen atoms in total. The predicted molar refractivity (Wildman–Crippen MR) is 416 cm³/mol. The molecular weight excluding hydrogens is 1270 g/mol. The molecule has 102 heavy (non-hydrogen) atoms. The third kappa shape index (κ3) is 14.9. The number of aliphatic carboxylic acids is 1. The van der Waals surface area contributed by atoms with Gasteiger partial charge in [0, 0.05) is 84.2 Å². The van der Waals surface area contributed by atoms with Crippen molar-refractivity contribution in [2.75, 3.05) is 38.1 Å². The van der Waals surface area contributed by atoms with E-state index in [4.69, 9.17) is 23.7 Å². The van der Waals surface area contributed by atoms with Crippen molar-refractivity contribution in [1.29, 1.82) is 0 Å². The fourth-order valence-electron chi connectivity index (χ4n) is 15.2. The largest absolute Gasteiger partial charge is 0.479 e. The second-order valence-corrected chi connectivity index (χ2v) is 30.5. The van der Waals surface area contributed by atoms with Gasteiger partial charge in [0.2, 0.25) is 0 Å². The zero-order chi connectivity index (χ0) is 74.5. The highest BCUT2D eigenvalue weighted by Crippen LogP contribution is 2.53. The Bertz CT molecular complexity index is 4940. The van der Waals surface area contributed by atoms with Crippen LogP contribution in [0.4, 0.5) is 11.4 Å². The highest BCUT2D eigenvalue weighted by atomic mass is 16.6. The van der Waals surface area contributed by atoms with Crippen LogP contribution in [0.15, 0.2) is 150 Å². The normalized spacial score (nSPS) is 13.5. The van der Waals surface area contributed by atoms with E-state index in [1.54, 1.807) is 11.6 Å². The molecule has 3 atom stereocenters. The first-order valence-electron chi connectivity index (χ1n) is 35.1. The van der Waals surface area contributed by atoms with Gasteiger partial charge in [-0.15, -0.1) is 0 Å². The average Bonchev–Trinajstić information content (AvgIpc) is 0.734. The molecule has 532 valence electrons. The second kappa shape index (κ2) is 29.4. The molecule has 3 heterocycles. The lowest BCUT2D eigenvalue weighted by Gasteiger charge is -2.37. The van der Waals surface area contributed by atoms with E-state index < -0.39 is 47.1 Å². The van der Waals surface area contributed by atoms with Crippen molar-refractivity contribution < 1.29 is 43.2 Å². The van der Waals surface area contributed by atoms with Gasteiger partial charge in [0.1, 0.15) is 0 Å². The zero-order valence-corrected chi connectivity index (χ0v) is 64.0. The Balaban J connectivity index is 0.000000165. The van der Waals surface area contributed by atoms with E-state index in [0.29, 0.717) is 5.39 Å². The fourth-order valence-corrected chi connectivity index (χ4v) is 15.2. The van der Waals surface area contributed by atoms with Gasteiger partial charge in [0.15, 0.2) is 18.3 Å². The van der Waals surface area contributed by atoms with Crippen LogP contribution in [0.3, 0.4) is 0 Å². The van der Waals surface area contributed by atoms with Gasteiger partial charge in [-0.3, -0.25) is 4.79 Å². The Hall–Kier alpha value is -9.66. The molecule has 0 radical (unpaired) electrons. The van der Waals surface area contributed by atoms with Crippen molar-refractivity contribution in [3.63, 3.8) is 0 Å². The number of pyridine rings is 1. The molecule has 0 aliphatic carbocycles. The van der Waals surface area contributed by atoms with E-state index in [9.17, 15) is 24.3 Å². The summed E-state index contributed by atoms with van der Waals surface area (Å²) in [5.41, 5.74) is 26.5. The standard InChI is InChI=1S/C30H33NO4.C30H35NO3.C29H33NO3/c1-17-13-15-20(16-14-17)23-18(2)24-21-11-9-10-12-22(21)28(32)31(7)26(24)19(3)25(23)27(29(33)34-8)35-30(4,5)6;1-18-13-15-21(16-14-18)24-19(2)25-23-12-10-9-11-22(23)17-31(7)27(25)20(3)26(24)28(29(32)33-8)34-30(4,5)6;1-17-12-14-20(15-13-17)23-18(2)24-22-11-9-8-10-21(22)16-30(7)26(24)19(3)25(23)27(28(31)32)33-29(4,5)6/h9-16,27H,1-8H3;9-16,28H,17H2,1-8H3;8-15,27H,16H2,1-7H3,(H,31,32)/t27-;28-;27-/m000/s1. The number of carboxylic acid groups (broad SMARTS) is 1. The number of aryl methyl sites for hydroxylation is 6. The van der Waals surface area contributed by atoms with Crippen LogP contribution in [0.1, 0.15) is 159 Å². The van der Waals surface area contributed by atoms with Gasteiger partial charge in [-0.1, -0.05) is 156 Å². The fraction of sp³-hybridized carbons (Fsp3) is 0.348. The molecule has 2 aliphatic rings. The zero-order valence-electron chi connectivity index (χ0n) is 64.0. The van der Waals surface area contributed by atoms with Crippen molar-refractivity contribution in [2.24, 2.45) is 7.05 Å². The first-order valence-corrected chi connectivity index (χ1v) is 35.1. The number of hydrogen-bond acceptors (Lipinski definition) is 11. The van der Waals surface area contributed by atoms with Gasteiger partial charge >= 0.3 is 17.9 Å². The SMILES string of the molecule is COC(=O)[C@@H](OC(C)(C)C)c1c(-c2ccc(C)cc2)c(C)c2c3ccccc3c(=O)n(C)c2c1C.COC(=O)[C@@H](OC(C)(C)C)c1c(C)c2c(c(C)c1-c1ccc(C)cc1)-c1ccccc1CN2C.Cc1ccc(-c2c(C)c3c(c(C)c2[C@H](OC(C)(C)C)C(=O)O)N(C)Cc2ccccc2-3)cc1. The van der Waals surface area contributed by atoms with Crippen LogP contribution in [0.2, 0.25) is 0 Å². The van der Waals surface area contributed by atoms with Gasteiger partial charge < -0.3 is 43.2 Å². The summed E-state index contributed by atoms with van der Waals surface area (Å²) in [7, 11) is 8.79. The maximum Gasteiger partial charge on any atom is 0.339 e. The molecule has 12 rings (SSSR count). The Labute approximate surface area is 603 Å². The van der Waals surface area contributed by atoms with Crippen LogP contribution in [-0.2, 0) is 58.2 Å². The third-order valence-corrected chi connectivity index (χ3v) is 19.5. The number of ether oxygens (including phenoxy) is 5. The number of nitrogens with zero attached hydrogens (tertiary/aromatic N) is 3. The van der Waals surface area contributed by atoms with Crippen molar-refractivity contribution in [3.8, 4) is 55.6 Å². The molecule has 0 saturated carbocycles. The van der Waals surface area contributed by atoms with E-state index in [1.165, 1.54) is 58.7 Å². The predicted octanol–water partition coefficient (Wildman–Crippen LogP) is 20.1. The third-order valence-electron chi connectivity index (χ3n) is 19.5. The summed E-state index contributed by atoms with van der Waals surface area (Å²) in [6, 6.07) is 49.9. The van der Waals surface area contributed by atoms with Crippen molar-refractivity contribution in [2.45, 2.75) is 173 Å². The number of aromatic nitrogens is 1. The molecule has 0 bridgehead atoms. The van der Waals surface area contributed by atoms with E-state index in [-0.39, 0.29) is 11.5 Å². The lowest BCUT2D eigenvalue weighted by Crippen LogP contribution is -2.30. The van der Waals surface area contributed by atoms with E-state index in [1.807, 2.05) is 107 Å². The molecule has 2 aliphatic heterocycles. The first kappa shape index (κ1) is 75.0. The Morgan fingerprint density at radius 1 is 0.402 bits per heavy atom. The molecule has 0 unspecified atom stereocenters. The smallest absolute Gasteiger partial charge is 0.339 e. The van der Waals surface area contributed by atoms with E-state index >= 15 is 0 Å². The van der Waals surface area contributed by atoms with Crippen LogP contribution >= 0.6 is 0 Å². The molecule has 0 saturated heterocycles. The monoisotopic (exact) mass is 1370 g/mol. The summed E-state index contributed by atoms with van der Waals surface area (Å²) >= 11 is 0. The molecule has 1 N–H and O–H groups in total. The van der Waals surface area contributed by atoms with Crippen LogP contribution in [0, 0.1) is 62.3 Å². The number of carbonyl (C=O) groups excluding carboxylic acids is 2. The number of methoxy groups -OCH3 is 2. The molecule has 0 amide bonds. The van der Waals surface area contributed by atoms with Gasteiger partial charge in [0.05, 0.1) is 36.5 Å². The summed E-state index contributed by atoms with van der Waals surface area (Å²) in [4.78, 5) is 56.8. The molecule has 1 aromatic heterocycles. The second-order valence-electron chi connectivity index (χ2n) is 30.5. The first-order chi connectivity index (χ1) is 48.0. The van der Waals surface area contributed by atoms with Gasteiger partial charge in [-0.25, -0.2) is 14.4 Å². The quantitative estimate of drug-likeness (QED) is 0.0917. The minimum Gasteiger partial charge on any atom is -0.479 e. The Morgan fingerprint density at radius 2 is 0.725 bits per heavy atom. The summed E-state index contributed by atoms with van der Waals surface area (Å²) in [6.07, 6.45) is -2.87. The lowest BCUT2D eigenvalue weighted by atomic mass is 9.79. The number of benzene rings is 9. The average molecular weight is 1370 g/mol. The minimum absolute atomic E-state index is 0.0732. The van der Waals surface area contributed by atoms with Gasteiger partial charge in [0.25, 0.3) is 5.56 Å². The maximum atomic E-state index is 13.3. The number of carboxylic acids is 1. The molecule has 10 aromatic rings. The van der Waals surface area contributed by atoms with Crippen LogP contribution < -0.4 is 15.4 Å². The molecule has 13 heteroatoms. The summed E-state index contributed by atoms with van der Waals surface area (Å²) < 4.78 is 31.1. The number of carbonyl (C=O) groups is 3. The van der Waals surface area contributed by atoms with Gasteiger partial charge in [-0.05, 0) is 225 Å². The lowest BCUT2D eigenvalue weighted by molar-refractivity contribution is -0.164.